The van der Waals surface area contributed by atoms with Gasteiger partial charge in [0.25, 0.3) is 0 Å². The normalized spacial score (nSPS) is 13.0. The number of rotatable bonds is 12. The summed E-state index contributed by atoms with van der Waals surface area (Å²) in [5.74, 6) is 0.428. The van der Waals surface area contributed by atoms with Gasteiger partial charge in [0.05, 0.1) is 0 Å². The molecule has 0 fully saturated rings. The first-order valence-electron chi connectivity index (χ1n) is 11.6. The van der Waals surface area contributed by atoms with Crippen LogP contribution in [0.25, 0.3) is 10.8 Å². The lowest BCUT2D eigenvalue weighted by atomic mass is 9.92. The maximum absolute atomic E-state index is 13.0. The van der Waals surface area contributed by atoms with Crippen molar-refractivity contribution < 1.29 is 9.59 Å². The van der Waals surface area contributed by atoms with Gasteiger partial charge in [-0.15, -0.1) is 0 Å². The minimum Gasteiger partial charge on any atom is -0.303 e. The zero-order chi connectivity index (χ0) is 21.7. The van der Waals surface area contributed by atoms with Gasteiger partial charge in [0.2, 0.25) is 0 Å². The highest BCUT2D eigenvalue weighted by molar-refractivity contribution is 6.12. The van der Waals surface area contributed by atoms with Crippen LogP contribution in [0.1, 0.15) is 72.4 Å². The third kappa shape index (κ3) is 4.65. The lowest BCUT2D eigenvalue weighted by Crippen LogP contribution is -2.26. The first-order chi connectivity index (χ1) is 14.5. The lowest BCUT2D eigenvalue weighted by molar-refractivity contribution is 0.0959. The Morgan fingerprint density at radius 2 is 1.27 bits per heavy atom. The predicted octanol–water partition coefficient (Wildman–Crippen LogP) is 4.77. The van der Waals surface area contributed by atoms with Crippen molar-refractivity contribution in [3.63, 3.8) is 0 Å². The van der Waals surface area contributed by atoms with E-state index in [1.807, 2.05) is 18.2 Å². The molecule has 4 heteroatoms. The lowest BCUT2D eigenvalue weighted by Gasteiger charge is -2.18. The molecule has 0 aromatic heterocycles. The molecule has 1 aliphatic carbocycles. The summed E-state index contributed by atoms with van der Waals surface area (Å²) in [5, 5.41) is 2.20. The van der Waals surface area contributed by atoms with Crippen LogP contribution in [0.3, 0.4) is 0 Å². The van der Waals surface area contributed by atoms with Crippen LogP contribution in [-0.4, -0.2) is 60.6 Å². The second-order valence-electron chi connectivity index (χ2n) is 8.19. The fourth-order valence-corrected chi connectivity index (χ4v) is 4.70. The van der Waals surface area contributed by atoms with Crippen LogP contribution >= 0.6 is 0 Å². The minimum atomic E-state index is 0.201. The monoisotopic (exact) mass is 408 g/mol. The topological polar surface area (TPSA) is 40.6 Å². The van der Waals surface area contributed by atoms with Crippen molar-refractivity contribution in [2.75, 3.05) is 39.3 Å². The number of ketones is 2. The average molecular weight is 409 g/mol. The molecule has 4 nitrogen and oxygen atoms in total. The molecule has 3 rings (SSSR count). The van der Waals surface area contributed by atoms with Crippen LogP contribution in [-0.2, 0) is 12.8 Å². The molecule has 0 saturated heterocycles. The number of hydrogen-bond donors (Lipinski definition) is 0. The van der Waals surface area contributed by atoms with Crippen molar-refractivity contribution in [1.29, 1.82) is 0 Å². The van der Waals surface area contributed by atoms with E-state index < -0.39 is 0 Å². The number of carbonyl (C=O) groups excluding carboxylic acids is 2. The largest absolute Gasteiger partial charge is 0.303 e. The van der Waals surface area contributed by atoms with Gasteiger partial charge in [-0.1, -0.05) is 52.0 Å². The van der Waals surface area contributed by atoms with E-state index >= 15 is 0 Å². The van der Waals surface area contributed by atoms with Crippen molar-refractivity contribution in [3.8, 4) is 0 Å². The van der Waals surface area contributed by atoms with Gasteiger partial charge in [0.15, 0.2) is 11.6 Å². The van der Waals surface area contributed by atoms with E-state index in [2.05, 4.69) is 43.6 Å². The molecule has 0 atom stereocenters. The minimum absolute atomic E-state index is 0.201. The van der Waals surface area contributed by atoms with Crippen LogP contribution in [0.4, 0.5) is 0 Å². The third-order valence-corrected chi connectivity index (χ3v) is 6.72. The van der Waals surface area contributed by atoms with Gasteiger partial charge in [-0.2, -0.15) is 0 Å². The Morgan fingerprint density at radius 1 is 0.733 bits per heavy atom. The molecule has 0 saturated carbocycles. The van der Waals surface area contributed by atoms with Gasteiger partial charge in [0, 0.05) is 37.1 Å². The van der Waals surface area contributed by atoms with Crippen LogP contribution in [0.5, 0.6) is 0 Å². The van der Waals surface area contributed by atoms with Gasteiger partial charge in [-0.05, 0) is 60.9 Å². The Kier molecular flexibility index (Phi) is 7.79. The molecule has 162 valence electrons. The van der Waals surface area contributed by atoms with Crippen molar-refractivity contribution in [2.45, 2.75) is 53.4 Å². The van der Waals surface area contributed by atoms with E-state index in [1.54, 1.807) is 0 Å². The molecule has 0 amide bonds. The number of hydrogen-bond acceptors (Lipinski definition) is 4. The Morgan fingerprint density at radius 3 is 1.83 bits per heavy atom. The summed E-state index contributed by atoms with van der Waals surface area (Å²) < 4.78 is 0. The average Bonchev–Trinajstić information content (AvgIpc) is 3.20. The summed E-state index contributed by atoms with van der Waals surface area (Å²) in [6.45, 7) is 14.0. The number of benzene rings is 2. The summed E-state index contributed by atoms with van der Waals surface area (Å²) in [7, 11) is 0. The first kappa shape index (κ1) is 22.6. The van der Waals surface area contributed by atoms with Crippen molar-refractivity contribution in [2.24, 2.45) is 0 Å². The summed E-state index contributed by atoms with van der Waals surface area (Å²) in [4.78, 5) is 30.6. The van der Waals surface area contributed by atoms with E-state index in [-0.39, 0.29) is 11.6 Å². The van der Waals surface area contributed by atoms with Crippen LogP contribution < -0.4 is 0 Å². The molecule has 0 heterocycles. The summed E-state index contributed by atoms with van der Waals surface area (Å²) >= 11 is 0. The molecule has 0 bridgehead atoms. The van der Waals surface area contributed by atoms with Crippen molar-refractivity contribution in [1.82, 2.24) is 9.80 Å². The molecule has 0 spiro atoms. The summed E-state index contributed by atoms with van der Waals surface area (Å²) in [6, 6.07) is 8.09. The standard InChI is InChI=1S/C26H36N2O2/c1-5-27(6-2)17-15-24(29)20-11-9-19-10-12-22-21(13-14-23(20)26(19)22)25(30)16-18-28(7-3)8-4/h9,11,13-14H,5-8,10,12,15-18H2,1-4H3. The molecule has 0 radical (unpaired) electrons. The molecule has 2 aromatic rings. The Hall–Kier alpha value is -2.04. The number of carbonyl (C=O) groups is 2. The zero-order valence-corrected chi connectivity index (χ0v) is 19.1. The highest BCUT2D eigenvalue weighted by Crippen LogP contribution is 2.36. The van der Waals surface area contributed by atoms with E-state index in [0.29, 0.717) is 12.8 Å². The second-order valence-corrected chi connectivity index (χ2v) is 8.19. The molecular formula is C26H36N2O2. The van der Waals surface area contributed by atoms with Gasteiger partial charge >= 0.3 is 0 Å². The van der Waals surface area contributed by atoms with Gasteiger partial charge in [0.1, 0.15) is 0 Å². The maximum Gasteiger partial charge on any atom is 0.164 e. The molecule has 0 N–H and O–H groups in total. The van der Waals surface area contributed by atoms with E-state index in [0.717, 1.165) is 79.6 Å². The van der Waals surface area contributed by atoms with E-state index in [4.69, 9.17) is 0 Å². The molecule has 1 aliphatic rings. The summed E-state index contributed by atoms with van der Waals surface area (Å²) in [6.07, 6.45) is 2.95. The molecule has 0 aliphatic heterocycles. The van der Waals surface area contributed by atoms with Crippen molar-refractivity contribution in [3.05, 3.63) is 46.5 Å². The number of Topliss-reactive ketones (excluding diaryl/α,β-unsaturated/α-hetero) is 2. The van der Waals surface area contributed by atoms with Crippen LogP contribution in [0.15, 0.2) is 24.3 Å². The summed E-state index contributed by atoms with van der Waals surface area (Å²) in [5.41, 5.74) is 4.11. The fraction of sp³-hybridized carbons (Fsp3) is 0.538. The third-order valence-electron chi connectivity index (χ3n) is 6.72. The fourth-order valence-electron chi connectivity index (χ4n) is 4.70. The van der Waals surface area contributed by atoms with Crippen LogP contribution in [0.2, 0.25) is 0 Å². The Balaban J connectivity index is 1.87. The van der Waals surface area contributed by atoms with Gasteiger partial charge in [-0.3, -0.25) is 9.59 Å². The first-order valence-corrected chi connectivity index (χ1v) is 11.6. The van der Waals surface area contributed by atoms with E-state index in [1.165, 1.54) is 5.56 Å². The number of nitrogens with zero attached hydrogens (tertiary/aromatic N) is 2. The second kappa shape index (κ2) is 10.3. The highest BCUT2D eigenvalue weighted by atomic mass is 16.1. The zero-order valence-electron chi connectivity index (χ0n) is 19.1. The smallest absolute Gasteiger partial charge is 0.164 e. The molecule has 30 heavy (non-hydrogen) atoms. The van der Waals surface area contributed by atoms with Gasteiger partial charge in [-0.25, -0.2) is 0 Å². The predicted molar refractivity (Wildman–Crippen MR) is 125 cm³/mol. The quantitative estimate of drug-likeness (QED) is 0.475. The SMILES string of the molecule is CCN(CC)CCC(=O)c1ccc2c(C(=O)CCN(CC)CC)ccc3c2c1CC3. The Bertz CT molecular complexity index is 911. The highest BCUT2D eigenvalue weighted by Gasteiger charge is 2.24. The van der Waals surface area contributed by atoms with Crippen molar-refractivity contribution >= 4 is 22.3 Å². The van der Waals surface area contributed by atoms with Crippen LogP contribution in [0, 0.1) is 0 Å². The molecule has 2 aromatic carbocycles. The number of aryl methyl sites for hydroxylation is 2. The van der Waals surface area contributed by atoms with Gasteiger partial charge < -0.3 is 9.80 Å². The maximum atomic E-state index is 13.0. The molecular weight excluding hydrogens is 372 g/mol. The van der Waals surface area contributed by atoms with E-state index in [9.17, 15) is 9.59 Å². The molecule has 0 unspecified atom stereocenters. The Labute approximate surface area is 181 Å².